The first-order valence-electron chi connectivity index (χ1n) is 13.4. The zero-order valence-electron chi connectivity index (χ0n) is 21.6. The molecule has 2 N–H and O–H groups in total. The van der Waals surface area contributed by atoms with Gasteiger partial charge in [0.2, 0.25) is 5.91 Å². The van der Waals surface area contributed by atoms with Gasteiger partial charge in [-0.05, 0) is 66.4 Å². The molecule has 1 aromatic carbocycles. The van der Waals surface area contributed by atoms with Crippen LogP contribution in [0.3, 0.4) is 0 Å². The van der Waals surface area contributed by atoms with E-state index in [1.807, 2.05) is 17.9 Å². The number of hydrogen-bond acceptors (Lipinski definition) is 5. The lowest BCUT2D eigenvalue weighted by atomic mass is 9.51. The first-order chi connectivity index (χ1) is 17.3. The molecule has 1 aliphatic heterocycles. The maximum atomic E-state index is 13.6. The molecule has 3 aliphatic rings. The molecule has 2 aromatic rings. The number of aliphatic hydroxyl groups excluding tert-OH is 1. The van der Waals surface area contributed by atoms with Gasteiger partial charge in [-0.3, -0.25) is 14.6 Å². The van der Waals surface area contributed by atoms with Gasteiger partial charge in [-0.2, -0.15) is 0 Å². The number of nitrogens with one attached hydrogen (secondary N) is 1. The van der Waals surface area contributed by atoms with Crippen molar-refractivity contribution in [3.63, 3.8) is 0 Å². The van der Waals surface area contributed by atoms with Gasteiger partial charge in [-0.1, -0.05) is 45.0 Å². The van der Waals surface area contributed by atoms with Gasteiger partial charge >= 0.3 is 0 Å². The number of fused-ring (bicyclic) bond motifs is 2. The van der Waals surface area contributed by atoms with Crippen LogP contribution in [0.2, 0.25) is 0 Å². The number of rotatable bonds is 4. The minimum atomic E-state index is -0.578. The molecule has 2 fully saturated rings. The molecule has 0 saturated heterocycles. The van der Waals surface area contributed by atoms with Gasteiger partial charge in [0.1, 0.15) is 5.69 Å². The molecule has 2 aliphatic carbocycles. The van der Waals surface area contributed by atoms with Crippen molar-refractivity contribution in [1.29, 1.82) is 0 Å². The summed E-state index contributed by atoms with van der Waals surface area (Å²) in [6.07, 6.45) is 8.52. The fraction of sp³-hybridized carbons (Fsp3) is 0.586. The number of nitrogens with zero attached hydrogens (tertiary/aromatic N) is 3. The maximum Gasteiger partial charge on any atom is 0.271 e. The second-order valence-electron chi connectivity index (χ2n) is 11.5. The highest BCUT2D eigenvalue weighted by molar-refractivity contribution is 5.92. The summed E-state index contributed by atoms with van der Waals surface area (Å²) in [5.41, 5.74) is 2.87. The lowest BCUT2D eigenvalue weighted by molar-refractivity contribution is -0.150. The molecule has 0 spiro atoms. The lowest BCUT2D eigenvalue weighted by Crippen LogP contribution is -2.58. The number of benzene rings is 1. The van der Waals surface area contributed by atoms with Gasteiger partial charge in [0.15, 0.2) is 0 Å². The topological polar surface area (TPSA) is 95.4 Å². The molecule has 2 amide bonds. The molecule has 2 heterocycles. The van der Waals surface area contributed by atoms with E-state index >= 15 is 0 Å². The third-order valence-corrected chi connectivity index (χ3v) is 9.47. The molecule has 1 aromatic heterocycles. The van der Waals surface area contributed by atoms with Crippen molar-refractivity contribution in [3.8, 4) is 0 Å². The molecule has 7 unspecified atom stereocenters. The van der Waals surface area contributed by atoms with Gasteiger partial charge in [0.25, 0.3) is 5.91 Å². The molecular formula is C29H38N4O3. The number of carbonyl (C=O) groups excluding carboxylic acids is 2. The van der Waals surface area contributed by atoms with Gasteiger partial charge in [0.05, 0.1) is 12.3 Å². The zero-order valence-corrected chi connectivity index (χ0v) is 21.6. The minimum Gasteiger partial charge on any atom is -0.392 e. The van der Waals surface area contributed by atoms with E-state index in [-0.39, 0.29) is 46.9 Å². The Balaban J connectivity index is 1.28. The Bertz CT molecular complexity index is 1110. The Morgan fingerprint density at radius 3 is 2.67 bits per heavy atom. The Hall–Kier alpha value is -2.80. The summed E-state index contributed by atoms with van der Waals surface area (Å²) in [7, 11) is 0. The fourth-order valence-corrected chi connectivity index (χ4v) is 7.31. The third kappa shape index (κ3) is 4.54. The maximum absolute atomic E-state index is 13.6. The second kappa shape index (κ2) is 9.92. The van der Waals surface area contributed by atoms with E-state index in [1.54, 1.807) is 6.20 Å². The molecule has 7 atom stereocenters. The monoisotopic (exact) mass is 490 g/mol. The van der Waals surface area contributed by atoms with E-state index in [0.29, 0.717) is 12.2 Å². The van der Waals surface area contributed by atoms with Gasteiger partial charge in [-0.25, -0.2) is 4.98 Å². The average Bonchev–Trinajstić information content (AvgIpc) is 2.90. The molecule has 7 nitrogen and oxygen atoms in total. The van der Waals surface area contributed by atoms with E-state index < -0.39 is 6.10 Å². The van der Waals surface area contributed by atoms with Crippen LogP contribution in [0.5, 0.6) is 0 Å². The largest absolute Gasteiger partial charge is 0.392 e. The summed E-state index contributed by atoms with van der Waals surface area (Å²) in [5, 5.41) is 14.9. The zero-order chi connectivity index (χ0) is 25.4. The highest BCUT2D eigenvalue weighted by Crippen LogP contribution is 2.55. The summed E-state index contributed by atoms with van der Waals surface area (Å²) in [6.45, 7) is 7.80. The predicted octanol–water partition coefficient (Wildman–Crippen LogP) is 3.62. The second-order valence-corrected chi connectivity index (χ2v) is 11.5. The average molecular weight is 491 g/mol. The smallest absolute Gasteiger partial charge is 0.271 e. The molecule has 2 saturated carbocycles. The van der Waals surface area contributed by atoms with Crippen LogP contribution in [0.1, 0.15) is 68.1 Å². The Morgan fingerprint density at radius 1 is 1.17 bits per heavy atom. The molecule has 5 rings (SSSR count). The van der Waals surface area contributed by atoms with Crippen LogP contribution in [0.25, 0.3) is 0 Å². The molecule has 7 heteroatoms. The van der Waals surface area contributed by atoms with E-state index in [9.17, 15) is 14.7 Å². The third-order valence-electron chi connectivity index (χ3n) is 9.47. The van der Waals surface area contributed by atoms with Crippen molar-refractivity contribution in [3.05, 3.63) is 59.7 Å². The number of hydrogen-bond donors (Lipinski definition) is 2. The molecular weight excluding hydrogens is 452 g/mol. The van der Waals surface area contributed by atoms with Crippen molar-refractivity contribution in [2.45, 2.75) is 71.6 Å². The van der Waals surface area contributed by atoms with Crippen LogP contribution in [-0.4, -0.2) is 50.5 Å². The molecule has 36 heavy (non-hydrogen) atoms. The van der Waals surface area contributed by atoms with E-state index in [4.69, 9.17) is 0 Å². The van der Waals surface area contributed by atoms with E-state index in [2.05, 4.69) is 47.3 Å². The Labute approximate surface area is 213 Å². The quantitative estimate of drug-likeness (QED) is 0.683. The summed E-state index contributed by atoms with van der Waals surface area (Å²) < 4.78 is 0. The van der Waals surface area contributed by atoms with Crippen LogP contribution in [0, 0.1) is 29.1 Å². The van der Waals surface area contributed by atoms with Gasteiger partial charge in [0, 0.05) is 37.4 Å². The first kappa shape index (κ1) is 24.9. The lowest BCUT2D eigenvalue weighted by Gasteiger charge is -2.56. The van der Waals surface area contributed by atoms with Crippen LogP contribution in [0.4, 0.5) is 0 Å². The van der Waals surface area contributed by atoms with Crippen LogP contribution < -0.4 is 5.32 Å². The van der Waals surface area contributed by atoms with Gasteiger partial charge in [-0.15, -0.1) is 0 Å². The SMILES string of the molecule is CC(C(=O)N1CCc2ccccc2C1)C1CCC2(C)CCC(NC(=O)c3cnccn3)C(C)C2C1O. The van der Waals surface area contributed by atoms with E-state index in [1.165, 1.54) is 23.5 Å². The van der Waals surface area contributed by atoms with Crippen LogP contribution >= 0.6 is 0 Å². The molecule has 0 bridgehead atoms. The van der Waals surface area contributed by atoms with Crippen LogP contribution in [-0.2, 0) is 17.8 Å². The van der Waals surface area contributed by atoms with Crippen molar-refractivity contribution < 1.29 is 14.7 Å². The summed E-state index contributed by atoms with van der Waals surface area (Å²) >= 11 is 0. The number of aromatic nitrogens is 2. The number of aliphatic hydroxyl groups is 1. The highest BCUT2D eigenvalue weighted by atomic mass is 16.3. The van der Waals surface area contributed by atoms with Crippen molar-refractivity contribution in [1.82, 2.24) is 20.2 Å². The van der Waals surface area contributed by atoms with Crippen molar-refractivity contribution >= 4 is 11.8 Å². The summed E-state index contributed by atoms with van der Waals surface area (Å²) in [4.78, 5) is 36.5. The van der Waals surface area contributed by atoms with Crippen molar-refractivity contribution in [2.75, 3.05) is 6.54 Å². The first-order valence-corrected chi connectivity index (χ1v) is 13.4. The van der Waals surface area contributed by atoms with Crippen molar-refractivity contribution in [2.24, 2.45) is 29.1 Å². The van der Waals surface area contributed by atoms with Gasteiger partial charge < -0.3 is 15.3 Å². The molecule has 0 radical (unpaired) electrons. The van der Waals surface area contributed by atoms with E-state index in [0.717, 1.165) is 38.6 Å². The highest BCUT2D eigenvalue weighted by Gasteiger charge is 2.54. The molecule has 192 valence electrons. The van der Waals surface area contributed by atoms with Crippen LogP contribution in [0.15, 0.2) is 42.9 Å². The normalized spacial score (nSPS) is 32.7. The minimum absolute atomic E-state index is 0.00987. The standard InChI is InChI=1S/C29H38N4O3/c1-18(28(36)33-15-10-20-6-4-5-7-21(20)17-33)22-8-11-29(3)12-9-23(19(2)25(29)26(22)34)32-27(35)24-16-30-13-14-31-24/h4-7,13-14,16,18-19,22-23,25-26,34H,8-12,15,17H2,1-3H3,(H,32,35). The summed E-state index contributed by atoms with van der Waals surface area (Å²) in [6, 6.07) is 8.31. The Morgan fingerprint density at radius 2 is 1.92 bits per heavy atom. The fourth-order valence-electron chi connectivity index (χ4n) is 7.31. The number of carbonyl (C=O) groups is 2. The Kier molecular flexibility index (Phi) is 6.86. The predicted molar refractivity (Wildman–Crippen MR) is 137 cm³/mol. The summed E-state index contributed by atoms with van der Waals surface area (Å²) in [5.74, 6) is -0.283. The number of amides is 2.